The highest BCUT2D eigenvalue weighted by molar-refractivity contribution is 6.31. The third kappa shape index (κ3) is 2.59. The van der Waals surface area contributed by atoms with Crippen LogP contribution in [0.3, 0.4) is 0 Å². The molecule has 1 aliphatic heterocycles. The standard InChI is InChI=1S/C17H18ClNO2/c1-20-15-9-11-7-8-19-17(13(11)10-16(15)21-2)12-5-3-4-6-14(12)18/h3-6,9-10,17,19H,7-8H2,1-2H3/p+1/t17-/m0/s1. The predicted octanol–water partition coefficient (Wildman–Crippen LogP) is 2.57. The van der Waals surface area contributed by atoms with Gasteiger partial charge >= 0.3 is 0 Å². The SMILES string of the molecule is COc1cc2c(cc1OC)[C@H](c1ccccc1Cl)[NH2+]CC2. The van der Waals surface area contributed by atoms with E-state index < -0.39 is 0 Å². The molecule has 0 amide bonds. The smallest absolute Gasteiger partial charge is 0.161 e. The van der Waals surface area contributed by atoms with Gasteiger partial charge < -0.3 is 14.8 Å². The van der Waals surface area contributed by atoms with Gasteiger partial charge in [0, 0.05) is 17.5 Å². The monoisotopic (exact) mass is 304 g/mol. The predicted molar refractivity (Wildman–Crippen MR) is 83.3 cm³/mol. The van der Waals surface area contributed by atoms with Gasteiger partial charge in [0.25, 0.3) is 0 Å². The molecule has 4 heteroatoms. The largest absolute Gasteiger partial charge is 0.493 e. The first-order valence-corrected chi connectivity index (χ1v) is 7.45. The lowest BCUT2D eigenvalue weighted by Gasteiger charge is -2.26. The zero-order valence-corrected chi connectivity index (χ0v) is 13.0. The lowest BCUT2D eigenvalue weighted by atomic mass is 9.89. The summed E-state index contributed by atoms with van der Waals surface area (Å²) in [5, 5.41) is 3.14. The summed E-state index contributed by atoms with van der Waals surface area (Å²) < 4.78 is 10.9. The molecule has 21 heavy (non-hydrogen) atoms. The molecule has 1 atom stereocenters. The first-order valence-electron chi connectivity index (χ1n) is 7.07. The molecule has 0 saturated heterocycles. The molecule has 3 nitrogen and oxygen atoms in total. The Kier molecular flexibility index (Phi) is 4.04. The Bertz CT molecular complexity index is 657. The molecule has 0 aromatic heterocycles. The average Bonchev–Trinajstić information content (AvgIpc) is 2.53. The van der Waals surface area contributed by atoms with Crippen molar-refractivity contribution in [2.45, 2.75) is 12.5 Å². The van der Waals surface area contributed by atoms with E-state index in [4.69, 9.17) is 21.1 Å². The van der Waals surface area contributed by atoms with E-state index in [2.05, 4.69) is 23.5 Å². The highest BCUT2D eigenvalue weighted by Crippen LogP contribution is 2.36. The molecule has 0 aliphatic carbocycles. The summed E-state index contributed by atoms with van der Waals surface area (Å²) >= 11 is 6.38. The average molecular weight is 305 g/mol. The van der Waals surface area contributed by atoms with Crippen LogP contribution >= 0.6 is 11.6 Å². The van der Waals surface area contributed by atoms with Gasteiger partial charge in [-0.3, -0.25) is 0 Å². The fourth-order valence-corrected chi connectivity index (χ4v) is 3.25. The van der Waals surface area contributed by atoms with Gasteiger partial charge in [-0.05, 0) is 23.8 Å². The zero-order valence-electron chi connectivity index (χ0n) is 12.2. The Labute approximate surface area is 129 Å². The number of methoxy groups -OCH3 is 2. The summed E-state index contributed by atoms with van der Waals surface area (Å²) in [5.41, 5.74) is 3.71. The van der Waals surface area contributed by atoms with E-state index >= 15 is 0 Å². The third-order valence-corrected chi connectivity index (χ3v) is 4.38. The summed E-state index contributed by atoms with van der Waals surface area (Å²) in [6.07, 6.45) is 1.02. The lowest BCUT2D eigenvalue weighted by molar-refractivity contribution is -0.690. The molecule has 0 fully saturated rings. The zero-order chi connectivity index (χ0) is 14.8. The molecule has 2 aromatic rings. The van der Waals surface area contributed by atoms with Crippen LogP contribution in [0.5, 0.6) is 11.5 Å². The summed E-state index contributed by atoms with van der Waals surface area (Å²) in [6.45, 7) is 1.04. The molecule has 0 bridgehead atoms. The number of hydrogen-bond acceptors (Lipinski definition) is 2. The lowest BCUT2D eigenvalue weighted by Crippen LogP contribution is -2.87. The van der Waals surface area contributed by atoms with Crippen LogP contribution < -0.4 is 14.8 Å². The van der Waals surface area contributed by atoms with Gasteiger partial charge in [-0.15, -0.1) is 0 Å². The Morgan fingerprint density at radius 1 is 1.05 bits per heavy atom. The molecule has 1 aliphatic rings. The van der Waals surface area contributed by atoms with Crippen LogP contribution in [0.25, 0.3) is 0 Å². The maximum Gasteiger partial charge on any atom is 0.161 e. The minimum atomic E-state index is 0.210. The van der Waals surface area contributed by atoms with Gasteiger partial charge in [0.15, 0.2) is 11.5 Å². The van der Waals surface area contributed by atoms with Crippen molar-refractivity contribution in [1.29, 1.82) is 0 Å². The number of fused-ring (bicyclic) bond motifs is 1. The first-order chi connectivity index (χ1) is 10.2. The highest BCUT2D eigenvalue weighted by atomic mass is 35.5. The summed E-state index contributed by atoms with van der Waals surface area (Å²) in [5.74, 6) is 1.56. The molecule has 3 rings (SSSR count). The maximum absolute atomic E-state index is 6.38. The van der Waals surface area contributed by atoms with Crippen molar-refractivity contribution in [2.24, 2.45) is 0 Å². The Hall–Kier alpha value is -1.71. The second-order valence-corrected chi connectivity index (χ2v) is 5.59. The van der Waals surface area contributed by atoms with E-state index in [1.54, 1.807) is 14.2 Å². The minimum Gasteiger partial charge on any atom is -0.493 e. The van der Waals surface area contributed by atoms with Crippen molar-refractivity contribution in [1.82, 2.24) is 0 Å². The Balaban J connectivity index is 2.11. The fourth-order valence-electron chi connectivity index (χ4n) is 3.00. The van der Waals surface area contributed by atoms with Gasteiger partial charge in [-0.1, -0.05) is 29.8 Å². The summed E-state index contributed by atoms with van der Waals surface area (Å²) in [7, 11) is 3.34. The maximum atomic E-state index is 6.38. The topological polar surface area (TPSA) is 35.1 Å². The number of ether oxygens (including phenoxy) is 2. The second kappa shape index (κ2) is 5.96. The first kappa shape index (κ1) is 14.2. The quantitative estimate of drug-likeness (QED) is 0.946. The van der Waals surface area contributed by atoms with Crippen molar-refractivity contribution in [2.75, 3.05) is 20.8 Å². The number of nitrogens with two attached hydrogens (primary N) is 1. The number of benzene rings is 2. The number of rotatable bonds is 3. The number of quaternary nitrogens is 1. The normalized spacial score (nSPS) is 17.2. The molecule has 0 spiro atoms. The van der Waals surface area contributed by atoms with E-state index in [1.165, 1.54) is 11.1 Å². The van der Waals surface area contributed by atoms with E-state index in [0.29, 0.717) is 0 Å². The van der Waals surface area contributed by atoms with Crippen LogP contribution in [0.15, 0.2) is 36.4 Å². The third-order valence-electron chi connectivity index (χ3n) is 4.04. The van der Waals surface area contributed by atoms with Crippen LogP contribution in [-0.2, 0) is 6.42 Å². The number of halogens is 1. The van der Waals surface area contributed by atoms with Crippen molar-refractivity contribution in [3.05, 3.63) is 58.1 Å². The second-order valence-electron chi connectivity index (χ2n) is 5.18. The molecular weight excluding hydrogens is 286 g/mol. The van der Waals surface area contributed by atoms with Crippen LogP contribution in [-0.4, -0.2) is 20.8 Å². The molecule has 0 unspecified atom stereocenters. The Morgan fingerprint density at radius 3 is 2.48 bits per heavy atom. The summed E-state index contributed by atoms with van der Waals surface area (Å²) in [4.78, 5) is 0. The molecule has 2 aromatic carbocycles. The molecule has 1 heterocycles. The Morgan fingerprint density at radius 2 is 1.76 bits per heavy atom. The van der Waals surface area contributed by atoms with E-state index in [1.807, 2.05) is 18.2 Å². The molecule has 0 saturated carbocycles. The molecule has 0 radical (unpaired) electrons. The van der Waals surface area contributed by atoms with Crippen LogP contribution in [0.4, 0.5) is 0 Å². The molecule has 2 N–H and O–H groups in total. The molecular formula is C17H19ClNO2+. The van der Waals surface area contributed by atoms with Crippen molar-refractivity contribution in [3.8, 4) is 11.5 Å². The fraction of sp³-hybridized carbons (Fsp3) is 0.294. The van der Waals surface area contributed by atoms with E-state index in [0.717, 1.165) is 35.1 Å². The van der Waals surface area contributed by atoms with Gasteiger partial charge in [0.2, 0.25) is 0 Å². The van der Waals surface area contributed by atoms with Crippen molar-refractivity contribution in [3.63, 3.8) is 0 Å². The van der Waals surface area contributed by atoms with Crippen LogP contribution in [0.2, 0.25) is 5.02 Å². The van der Waals surface area contributed by atoms with Gasteiger partial charge in [-0.2, -0.15) is 0 Å². The molecule has 110 valence electrons. The van der Waals surface area contributed by atoms with E-state index in [-0.39, 0.29) is 6.04 Å². The van der Waals surface area contributed by atoms with Gasteiger partial charge in [0.05, 0.1) is 25.8 Å². The van der Waals surface area contributed by atoms with Gasteiger partial charge in [-0.25, -0.2) is 0 Å². The summed E-state index contributed by atoms with van der Waals surface area (Å²) in [6, 6.07) is 12.4. The van der Waals surface area contributed by atoms with Crippen LogP contribution in [0.1, 0.15) is 22.7 Å². The van der Waals surface area contributed by atoms with Crippen molar-refractivity contribution >= 4 is 11.6 Å². The van der Waals surface area contributed by atoms with Gasteiger partial charge in [0.1, 0.15) is 6.04 Å². The van der Waals surface area contributed by atoms with Crippen LogP contribution in [0, 0.1) is 0 Å². The van der Waals surface area contributed by atoms with Crippen molar-refractivity contribution < 1.29 is 14.8 Å². The minimum absolute atomic E-state index is 0.210. The number of hydrogen-bond donors (Lipinski definition) is 1. The van der Waals surface area contributed by atoms with E-state index in [9.17, 15) is 0 Å². The highest BCUT2D eigenvalue weighted by Gasteiger charge is 2.28.